The maximum absolute atomic E-state index is 12.2. The van der Waals surface area contributed by atoms with Crippen molar-refractivity contribution in [2.24, 2.45) is 11.7 Å². The summed E-state index contributed by atoms with van der Waals surface area (Å²) in [7, 11) is 0. The Morgan fingerprint density at radius 2 is 1.83 bits per heavy atom. The normalized spacial score (nSPS) is 15.0. The first-order valence-electron chi connectivity index (χ1n) is 9.08. The van der Waals surface area contributed by atoms with Crippen LogP contribution in [0.4, 0.5) is 0 Å². The first-order valence-corrected chi connectivity index (χ1v) is 9.08. The summed E-state index contributed by atoms with van der Waals surface area (Å²) in [6, 6.07) is 9.26. The second kappa shape index (κ2) is 11.2. The SMILES string of the molecule is CCCCCCC(CC)C(C)OC(=O)C(N)Cc1ccccc1. The third-order valence-corrected chi connectivity index (χ3v) is 4.52. The van der Waals surface area contributed by atoms with Crippen LogP contribution in [0.1, 0.15) is 64.9 Å². The van der Waals surface area contributed by atoms with Gasteiger partial charge in [0, 0.05) is 0 Å². The van der Waals surface area contributed by atoms with Gasteiger partial charge >= 0.3 is 5.97 Å². The van der Waals surface area contributed by atoms with Crippen molar-refractivity contribution >= 4 is 5.97 Å². The number of esters is 1. The van der Waals surface area contributed by atoms with E-state index in [0.29, 0.717) is 12.3 Å². The zero-order valence-corrected chi connectivity index (χ0v) is 15.0. The van der Waals surface area contributed by atoms with Gasteiger partial charge in [-0.05, 0) is 37.7 Å². The minimum Gasteiger partial charge on any atom is -0.461 e. The van der Waals surface area contributed by atoms with Crippen molar-refractivity contribution in [1.82, 2.24) is 0 Å². The molecule has 0 aliphatic carbocycles. The lowest BCUT2D eigenvalue weighted by molar-refractivity contribution is -0.152. The third kappa shape index (κ3) is 7.65. The Labute approximate surface area is 141 Å². The largest absolute Gasteiger partial charge is 0.461 e. The Hall–Kier alpha value is -1.35. The molecule has 0 aliphatic rings. The molecule has 23 heavy (non-hydrogen) atoms. The molecule has 3 nitrogen and oxygen atoms in total. The fourth-order valence-corrected chi connectivity index (χ4v) is 2.92. The number of hydrogen-bond donors (Lipinski definition) is 1. The molecule has 3 atom stereocenters. The second-order valence-electron chi connectivity index (χ2n) is 6.46. The fourth-order valence-electron chi connectivity index (χ4n) is 2.92. The van der Waals surface area contributed by atoms with E-state index in [9.17, 15) is 4.79 Å². The smallest absolute Gasteiger partial charge is 0.323 e. The Morgan fingerprint density at radius 1 is 1.13 bits per heavy atom. The molecule has 0 aliphatic heterocycles. The highest BCUT2D eigenvalue weighted by molar-refractivity contribution is 5.76. The Morgan fingerprint density at radius 3 is 2.43 bits per heavy atom. The number of carbonyl (C=O) groups excluding carboxylic acids is 1. The van der Waals surface area contributed by atoms with Crippen molar-refractivity contribution in [3.63, 3.8) is 0 Å². The molecule has 0 heterocycles. The van der Waals surface area contributed by atoms with Crippen molar-refractivity contribution in [1.29, 1.82) is 0 Å². The van der Waals surface area contributed by atoms with Crippen LogP contribution in [0.25, 0.3) is 0 Å². The minimum atomic E-state index is -0.586. The van der Waals surface area contributed by atoms with Gasteiger partial charge in [-0.2, -0.15) is 0 Å². The van der Waals surface area contributed by atoms with Gasteiger partial charge in [0.2, 0.25) is 0 Å². The number of unbranched alkanes of at least 4 members (excludes halogenated alkanes) is 3. The van der Waals surface area contributed by atoms with Gasteiger partial charge in [0.25, 0.3) is 0 Å². The third-order valence-electron chi connectivity index (χ3n) is 4.52. The lowest BCUT2D eigenvalue weighted by atomic mass is 9.93. The van der Waals surface area contributed by atoms with Gasteiger partial charge < -0.3 is 10.5 Å². The number of benzene rings is 1. The molecule has 0 saturated heterocycles. The summed E-state index contributed by atoms with van der Waals surface area (Å²) < 4.78 is 5.63. The van der Waals surface area contributed by atoms with E-state index in [1.54, 1.807) is 0 Å². The molecule has 0 saturated carbocycles. The van der Waals surface area contributed by atoms with E-state index in [1.165, 1.54) is 25.7 Å². The van der Waals surface area contributed by atoms with E-state index >= 15 is 0 Å². The number of rotatable bonds is 11. The van der Waals surface area contributed by atoms with Crippen molar-refractivity contribution in [2.75, 3.05) is 0 Å². The molecule has 130 valence electrons. The molecule has 0 spiro atoms. The Bertz CT molecular complexity index is 433. The topological polar surface area (TPSA) is 52.3 Å². The molecule has 0 aromatic heterocycles. The predicted octanol–water partition coefficient (Wildman–Crippen LogP) is 4.48. The van der Waals surface area contributed by atoms with Crippen LogP contribution in [-0.4, -0.2) is 18.1 Å². The molecule has 3 heteroatoms. The van der Waals surface area contributed by atoms with Crippen LogP contribution in [0.5, 0.6) is 0 Å². The van der Waals surface area contributed by atoms with Gasteiger partial charge in [0.1, 0.15) is 12.1 Å². The van der Waals surface area contributed by atoms with E-state index in [1.807, 2.05) is 37.3 Å². The molecular weight excluding hydrogens is 286 g/mol. The molecule has 2 N–H and O–H groups in total. The van der Waals surface area contributed by atoms with Crippen LogP contribution in [0.2, 0.25) is 0 Å². The lowest BCUT2D eigenvalue weighted by Gasteiger charge is -2.24. The summed E-state index contributed by atoms with van der Waals surface area (Å²) in [6.45, 7) is 6.38. The van der Waals surface area contributed by atoms with E-state index in [4.69, 9.17) is 10.5 Å². The average molecular weight is 319 g/mol. The van der Waals surface area contributed by atoms with Gasteiger partial charge in [-0.15, -0.1) is 0 Å². The molecule has 1 aromatic rings. The second-order valence-corrected chi connectivity index (χ2v) is 6.46. The van der Waals surface area contributed by atoms with Crippen LogP contribution in [0, 0.1) is 5.92 Å². The van der Waals surface area contributed by atoms with Gasteiger partial charge in [-0.25, -0.2) is 0 Å². The number of nitrogens with two attached hydrogens (primary N) is 1. The van der Waals surface area contributed by atoms with Gasteiger partial charge in [0.05, 0.1) is 0 Å². The Kier molecular flexibility index (Phi) is 9.61. The van der Waals surface area contributed by atoms with Crippen LogP contribution in [0.15, 0.2) is 30.3 Å². The molecule has 1 rings (SSSR count). The fraction of sp³-hybridized carbons (Fsp3) is 0.650. The van der Waals surface area contributed by atoms with Crippen LogP contribution >= 0.6 is 0 Å². The molecule has 0 amide bonds. The van der Waals surface area contributed by atoms with Crippen LogP contribution in [0.3, 0.4) is 0 Å². The van der Waals surface area contributed by atoms with E-state index < -0.39 is 6.04 Å². The maximum atomic E-state index is 12.2. The summed E-state index contributed by atoms with van der Waals surface area (Å²) >= 11 is 0. The first kappa shape index (κ1) is 19.7. The standard InChI is InChI=1S/C20H33NO2/c1-4-6-7-11-14-18(5-2)16(3)23-20(22)19(21)15-17-12-9-8-10-13-17/h8-10,12-13,16,18-19H,4-7,11,14-15,21H2,1-3H3. The molecule has 0 radical (unpaired) electrons. The first-order chi connectivity index (χ1) is 11.1. The van der Waals surface area contributed by atoms with Crippen molar-refractivity contribution < 1.29 is 9.53 Å². The van der Waals surface area contributed by atoms with Crippen LogP contribution in [-0.2, 0) is 16.0 Å². The predicted molar refractivity (Wildman–Crippen MR) is 96.2 cm³/mol. The van der Waals surface area contributed by atoms with Gasteiger partial charge in [0.15, 0.2) is 0 Å². The van der Waals surface area contributed by atoms with Gasteiger partial charge in [-0.1, -0.05) is 69.9 Å². The van der Waals surface area contributed by atoms with Crippen molar-refractivity contribution in [2.45, 2.75) is 77.9 Å². The highest BCUT2D eigenvalue weighted by Crippen LogP contribution is 2.20. The molecular formula is C20H33NO2. The highest BCUT2D eigenvalue weighted by atomic mass is 16.5. The minimum absolute atomic E-state index is 0.0593. The van der Waals surface area contributed by atoms with Gasteiger partial charge in [-0.3, -0.25) is 4.79 Å². The maximum Gasteiger partial charge on any atom is 0.323 e. The molecule has 0 bridgehead atoms. The van der Waals surface area contributed by atoms with Crippen molar-refractivity contribution in [3.05, 3.63) is 35.9 Å². The lowest BCUT2D eigenvalue weighted by Crippen LogP contribution is -2.37. The summed E-state index contributed by atoms with van der Waals surface area (Å²) in [5.41, 5.74) is 7.07. The molecule has 3 unspecified atom stereocenters. The van der Waals surface area contributed by atoms with E-state index in [-0.39, 0.29) is 12.1 Å². The zero-order valence-electron chi connectivity index (χ0n) is 15.0. The summed E-state index contributed by atoms with van der Waals surface area (Å²) in [5, 5.41) is 0. The quantitative estimate of drug-likeness (QED) is 0.483. The summed E-state index contributed by atoms with van der Waals surface area (Å²) in [5.74, 6) is 0.146. The van der Waals surface area contributed by atoms with E-state index in [2.05, 4.69) is 13.8 Å². The Balaban J connectivity index is 2.40. The van der Waals surface area contributed by atoms with Crippen molar-refractivity contribution in [3.8, 4) is 0 Å². The van der Waals surface area contributed by atoms with E-state index in [0.717, 1.165) is 18.4 Å². The molecule has 0 fully saturated rings. The van der Waals surface area contributed by atoms with Crippen LogP contribution < -0.4 is 5.73 Å². The molecule has 1 aromatic carbocycles. The summed E-state index contributed by atoms with van der Waals surface area (Å²) in [4.78, 5) is 12.2. The zero-order chi connectivity index (χ0) is 17.1. The number of carbonyl (C=O) groups is 1. The summed E-state index contributed by atoms with van der Waals surface area (Å²) in [6.07, 6.45) is 7.64. The number of hydrogen-bond acceptors (Lipinski definition) is 3. The number of ether oxygens (including phenoxy) is 1. The average Bonchev–Trinajstić information content (AvgIpc) is 2.55. The monoisotopic (exact) mass is 319 g/mol. The highest BCUT2D eigenvalue weighted by Gasteiger charge is 2.23.